The molecule has 0 unspecified atom stereocenters. The van der Waals surface area contributed by atoms with Gasteiger partial charge < -0.3 is 28.4 Å². The van der Waals surface area contributed by atoms with E-state index >= 15 is 0 Å². The highest BCUT2D eigenvalue weighted by Crippen LogP contribution is 2.26. The number of carbonyl (C=O) groups is 2. The van der Waals surface area contributed by atoms with Crippen LogP contribution >= 0.6 is 0 Å². The molecule has 0 bridgehead atoms. The van der Waals surface area contributed by atoms with Crippen molar-refractivity contribution in [3.63, 3.8) is 0 Å². The van der Waals surface area contributed by atoms with Crippen LogP contribution in [0.4, 0.5) is 0 Å². The molecule has 3 rings (SSSR count). The number of unbranched alkanes of at least 4 members (excludes halogenated alkanes) is 1. The summed E-state index contributed by atoms with van der Waals surface area (Å²) in [5.74, 6) is 0.752. The molecule has 1 aliphatic rings. The van der Waals surface area contributed by atoms with E-state index in [1.165, 1.54) is 0 Å². The molecule has 0 atom stereocenters. The van der Waals surface area contributed by atoms with E-state index in [4.69, 9.17) is 28.4 Å². The van der Waals surface area contributed by atoms with Crippen LogP contribution in [0.25, 0.3) is 0 Å². The van der Waals surface area contributed by atoms with Gasteiger partial charge in [0.15, 0.2) is 0 Å². The van der Waals surface area contributed by atoms with Crippen LogP contribution in [0.3, 0.4) is 0 Å². The molecule has 0 aliphatic carbocycles. The minimum Gasteiger partial charge on any atom is -0.494 e. The smallest absolute Gasteiger partial charge is 0.343 e. The predicted octanol–water partition coefficient (Wildman–Crippen LogP) is 4.62. The number of esters is 2. The van der Waals surface area contributed by atoms with E-state index < -0.39 is 11.9 Å². The molecule has 8 heteroatoms. The summed E-state index contributed by atoms with van der Waals surface area (Å²) in [6.07, 6.45) is 1.82. The Morgan fingerprint density at radius 2 is 1.44 bits per heavy atom. The van der Waals surface area contributed by atoms with Crippen molar-refractivity contribution in [2.75, 3.05) is 46.2 Å². The van der Waals surface area contributed by atoms with Crippen LogP contribution in [0.15, 0.2) is 60.7 Å². The monoisotopic (exact) mass is 498 g/mol. The first kappa shape index (κ1) is 27.2. The number of hydrogen-bond acceptors (Lipinski definition) is 8. The SMILES string of the molecule is C=C(C)C(=O)OCCOc1ccc(C(=O)Oc2ccc(OCCCCOCC3(C)COC3)cc2)cc1. The van der Waals surface area contributed by atoms with Crippen molar-refractivity contribution < 1.29 is 38.0 Å². The molecule has 0 radical (unpaired) electrons. The summed E-state index contributed by atoms with van der Waals surface area (Å²) < 4.78 is 32.6. The lowest BCUT2D eigenvalue weighted by molar-refractivity contribution is -0.139. The zero-order chi connectivity index (χ0) is 25.8. The van der Waals surface area contributed by atoms with Crippen LogP contribution in [0, 0.1) is 5.41 Å². The van der Waals surface area contributed by atoms with Gasteiger partial charge in [-0.2, -0.15) is 0 Å². The minimum atomic E-state index is -0.479. The lowest BCUT2D eigenvalue weighted by Crippen LogP contribution is -2.43. The van der Waals surface area contributed by atoms with E-state index in [2.05, 4.69) is 13.5 Å². The van der Waals surface area contributed by atoms with E-state index in [1.807, 2.05) is 0 Å². The number of benzene rings is 2. The Kier molecular flexibility index (Phi) is 10.3. The molecule has 1 fully saturated rings. The normalized spacial score (nSPS) is 13.8. The first-order valence-electron chi connectivity index (χ1n) is 12.0. The van der Waals surface area contributed by atoms with Crippen LogP contribution in [0.2, 0.25) is 0 Å². The summed E-state index contributed by atoms with van der Waals surface area (Å²) >= 11 is 0. The van der Waals surface area contributed by atoms with E-state index in [1.54, 1.807) is 55.5 Å². The number of ether oxygens (including phenoxy) is 6. The molecule has 8 nitrogen and oxygen atoms in total. The van der Waals surface area contributed by atoms with Gasteiger partial charge in [0.05, 0.1) is 32.0 Å². The maximum absolute atomic E-state index is 12.4. The molecule has 194 valence electrons. The van der Waals surface area contributed by atoms with Gasteiger partial charge in [-0.15, -0.1) is 0 Å². The third-order valence-electron chi connectivity index (χ3n) is 5.36. The number of hydrogen-bond donors (Lipinski definition) is 0. The molecule has 0 saturated carbocycles. The van der Waals surface area contributed by atoms with E-state index in [9.17, 15) is 9.59 Å². The maximum atomic E-state index is 12.4. The van der Waals surface area contributed by atoms with Crippen molar-refractivity contribution in [2.45, 2.75) is 26.7 Å². The quantitative estimate of drug-likeness (QED) is 0.152. The van der Waals surface area contributed by atoms with Crippen molar-refractivity contribution in [2.24, 2.45) is 5.41 Å². The Morgan fingerprint density at radius 1 is 0.861 bits per heavy atom. The van der Waals surface area contributed by atoms with Crippen LogP contribution in [-0.2, 0) is 19.0 Å². The molecule has 0 spiro atoms. The fourth-order valence-electron chi connectivity index (χ4n) is 3.22. The molecule has 1 heterocycles. The zero-order valence-electron chi connectivity index (χ0n) is 21.0. The first-order chi connectivity index (χ1) is 17.3. The van der Waals surface area contributed by atoms with Gasteiger partial charge in [-0.1, -0.05) is 13.5 Å². The average molecular weight is 499 g/mol. The fourth-order valence-corrected chi connectivity index (χ4v) is 3.22. The van der Waals surface area contributed by atoms with Gasteiger partial charge in [0.2, 0.25) is 0 Å². The van der Waals surface area contributed by atoms with Gasteiger partial charge in [0.25, 0.3) is 0 Å². The highest BCUT2D eigenvalue weighted by atomic mass is 16.6. The molecule has 2 aromatic carbocycles. The average Bonchev–Trinajstić information content (AvgIpc) is 2.86. The summed E-state index contributed by atoms with van der Waals surface area (Å²) in [6, 6.07) is 13.5. The molecule has 0 amide bonds. The first-order valence-corrected chi connectivity index (χ1v) is 12.0. The topological polar surface area (TPSA) is 89.5 Å². The Hall–Kier alpha value is -3.36. The maximum Gasteiger partial charge on any atom is 0.343 e. The van der Waals surface area contributed by atoms with Gasteiger partial charge in [-0.25, -0.2) is 9.59 Å². The predicted molar refractivity (Wildman–Crippen MR) is 134 cm³/mol. The van der Waals surface area contributed by atoms with Gasteiger partial charge >= 0.3 is 11.9 Å². The largest absolute Gasteiger partial charge is 0.494 e. The Bertz CT molecular complexity index is 993. The highest BCUT2D eigenvalue weighted by Gasteiger charge is 2.33. The summed E-state index contributed by atoms with van der Waals surface area (Å²) in [5.41, 5.74) is 0.906. The standard InChI is InChI=1S/C28H34O8/c1-21(2)26(29)35-17-16-34-23-8-6-22(7-9-23)27(30)36-25-12-10-24(11-13-25)33-15-5-4-14-31-18-28(3)19-32-20-28/h6-13H,1,4-5,14-20H2,2-3H3. The second kappa shape index (κ2) is 13.7. The molecule has 1 saturated heterocycles. The van der Waals surface area contributed by atoms with Crippen LogP contribution in [-0.4, -0.2) is 58.2 Å². The Balaban J connectivity index is 1.30. The molecule has 2 aromatic rings. The van der Waals surface area contributed by atoms with E-state index in [0.29, 0.717) is 41.6 Å². The van der Waals surface area contributed by atoms with Crippen molar-refractivity contribution in [1.82, 2.24) is 0 Å². The molecular formula is C28H34O8. The molecule has 1 aliphatic heterocycles. The summed E-state index contributed by atoms with van der Waals surface area (Å²) in [4.78, 5) is 23.7. The third-order valence-corrected chi connectivity index (χ3v) is 5.36. The van der Waals surface area contributed by atoms with Crippen molar-refractivity contribution in [3.8, 4) is 17.2 Å². The molecule has 0 aromatic heterocycles. The van der Waals surface area contributed by atoms with E-state index in [0.717, 1.165) is 32.7 Å². The fraction of sp³-hybridized carbons (Fsp3) is 0.429. The van der Waals surface area contributed by atoms with Gasteiger partial charge in [0, 0.05) is 17.6 Å². The highest BCUT2D eigenvalue weighted by molar-refractivity contribution is 5.91. The summed E-state index contributed by atoms with van der Waals surface area (Å²) in [6.45, 7) is 11.2. The lowest BCUT2D eigenvalue weighted by Gasteiger charge is -2.37. The van der Waals surface area contributed by atoms with Crippen molar-refractivity contribution in [1.29, 1.82) is 0 Å². The van der Waals surface area contributed by atoms with Gasteiger partial charge in [-0.05, 0) is 68.3 Å². The van der Waals surface area contributed by atoms with E-state index in [-0.39, 0.29) is 18.6 Å². The van der Waals surface area contributed by atoms with Crippen LogP contribution in [0.1, 0.15) is 37.0 Å². The van der Waals surface area contributed by atoms with Crippen LogP contribution in [0.5, 0.6) is 17.2 Å². The molecule has 0 N–H and O–H groups in total. The molecular weight excluding hydrogens is 464 g/mol. The van der Waals surface area contributed by atoms with Crippen LogP contribution < -0.4 is 14.2 Å². The lowest BCUT2D eigenvalue weighted by atomic mass is 9.90. The molecule has 36 heavy (non-hydrogen) atoms. The second-order valence-electron chi connectivity index (χ2n) is 9.06. The van der Waals surface area contributed by atoms with Crippen molar-refractivity contribution in [3.05, 3.63) is 66.2 Å². The van der Waals surface area contributed by atoms with Gasteiger partial charge in [-0.3, -0.25) is 0 Å². The zero-order valence-corrected chi connectivity index (χ0v) is 21.0. The van der Waals surface area contributed by atoms with Gasteiger partial charge in [0.1, 0.15) is 30.5 Å². The van der Waals surface area contributed by atoms with Crippen molar-refractivity contribution >= 4 is 11.9 Å². The Labute approximate surface area is 212 Å². The minimum absolute atomic E-state index is 0.110. The number of rotatable bonds is 15. The second-order valence-corrected chi connectivity index (χ2v) is 9.06. The summed E-state index contributed by atoms with van der Waals surface area (Å²) in [7, 11) is 0. The third kappa shape index (κ3) is 9.02. The Morgan fingerprint density at radius 3 is 2.06 bits per heavy atom. The summed E-state index contributed by atoms with van der Waals surface area (Å²) in [5, 5.41) is 0. The number of carbonyl (C=O) groups excluding carboxylic acids is 2.